The van der Waals surface area contributed by atoms with Gasteiger partial charge in [-0.25, -0.2) is 15.0 Å². The molecule has 0 amide bonds. The maximum absolute atomic E-state index is 5.09. The van der Waals surface area contributed by atoms with E-state index in [1.165, 1.54) is 12.0 Å². The Balaban J connectivity index is 1.34. The molecule has 7 nitrogen and oxygen atoms in total. The number of pyridine rings is 1. The van der Waals surface area contributed by atoms with E-state index in [4.69, 9.17) is 4.98 Å². The summed E-state index contributed by atoms with van der Waals surface area (Å²) in [6, 6.07) is 17.8. The highest BCUT2D eigenvalue weighted by atomic mass is 15.4. The molecule has 2 bridgehead atoms. The summed E-state index contributed by atoms with van der Waals surface area (Å²) < 4.78 is 2.10. The second-order valence-corrected chi connectivity index (χ2v) is 8.45. The highest BCUT2D eigenvalue weighted by Crippen LogP contribution is 2.31. The van der Waals surface area contributed by atoms with Crippen LogP contribution in [0.1, 0.15) is 24.9 Å². The first kappa shape index (κ1) is 18.3. The molecule has 2 aliphatic heterocycles. The number of nitrogens with one attached hydrogen (secondary N) is 2. The number of nitrogens with zero attached hydrogens (tertiary/aromatic N) is 5. The molecule has 4 aromatic rings. The van der Waals surface area contributed by atoms with Crippen LogP contribution in [0.25, 0.3) is 16.9 Å². The van der Waals surface area contributed by atoms with E-state index in [0.29, 0.717) is 12.1 Å². The molecule has 2 aliphatic rings. The van der Waals surface area contributed by atoms with Gasteiger partial charge in [-0.2, -0.15) is 0 Å². The first-order chi connectivity index (χ1) is 15.2. The molecule has 31 heavy (non-hydrogen) atoms. The van der Waals surface area contributed by atoms with Gasteiger partial charge in [0.05, 0.1) is 5.69 Å². The fourth-order valence-electron chi connectivity index (χ4n) is 4.78. The normalized spacial score (nSPS) is 21.0. The van der Waals surface area contributed by atoms with Gasteiger partial charge in [0.2, 0.25) is 5.95 Å². The van der Waals surface area contributed by atoms with E-state index in [1.807, 2.05) is 30.7 Å². The van der Waals surface area contributed by atoms with Crippen LogP contribution < -0.4 is 15.5 Å². The molecule has 2 saturated heterocycles. The van der Waals surface area contributed by atoms with Crippen molar-refractivity contribution in [1.82, 2.24) is 24.7 Å². The van der Waals surface area contributed by atoms with Crippen LogP contribution in [0, 0.1) is 0 Å². The van der Waals surface area contributed by atoms with Crippen LogP contribution in [0.15, 0.2) is 67.1 Å². The van der Waals surface area contributed by atoms with Crippen molar-refractivity contribution >= 4 is 17.4 Å². The summed E-state index contributed by atoms with van der Waals surface area (Å²) in [5.74, 6) is 1.81. The van der Waals surface area contributed by atoms with Gasteiger partial charge in [-0.3, -0.25) is 4.40 Å². The van der Waals surface area contributed by atoms with Crippen molar-refractivity contribution in [1.29, 1.82) is 0 Å². The minimum Gasteiger partial charge on any atom is -0.364 e. The molecule has 156 valence electrons. The average molecular weight is 412 g/mol. The lowest BCUT2D eigenvalue weighted by Gasteiger charge is -2.29. The standard InChI is InChI=1S/C24H25N7/c1-16(17-5-3-2-4-6-17)28-22-11-18(7-8-25-22)21-13-23-26-9-10-30(23)24(29-21)31-15-19-12-20(31)14-27-19/h2-11,13,16,19-20,27H,12,14-15H2,1H3,(H,25,28)/t16?,19-,20-/m0/s1. The first-order valence-electron chi connectivity index (χ1n) is 10.9. The van der Waals surface area contributed by atoms with Gasteiger partial charge in [0.25, 0.3) is 0 Å². The number of imidazole rings is 1. The first-order valence-corrected chi connectivity index (χ1v) is 10.9. The number of hydrogen-bond acceptors (Lipinski definition) is 6. The van der Waals surface area contributed by atoms with E-state index in [9.17, 15) is 0 Å². The molecule has 0 radical (unpaired) electrons. The van der Waals surface area contributed by atoms with Crippen molar-refractivity contribution in [3.63, 3.8) is 0 Å². The molecular formula is C24H25N7. The van der Waals surface area contributed by atoms with Crippen LogP contribution in [0.5, 0.6) is 0 Å². The fourth-order valence-corrected chi connectivity index (χ4v) is 4.78. The summed E-state index contributed by atoms with van der Waals surface area (Å²) >= 11 is 0. The van der Waals surface area contributed by atoms with E-state index in [-0.39, 0.29) is 6.04 Å². The number of anilines is 2. The maximum atomic E-state index is 5.09. The van der Waals surface area contributed by atoms with Gasteiger partial charge in [0.15, 0.2) is 0 Å². The van der Waals surface area contributed by atoms with E-state index in [0.717, 1.165) is 41.8 Å². The van der Waals surface area contributed by atoms with Crippen LogP contribution in [-0.2, 0) is 0 Å². The smallest absolute Gasteiger partial charge is 0.212 e. The fraction of sp³-hybridized carbons (Fsp3) is 0.292. The molecule has 5 heterocycles. The van der Waals surface area contributed by atoms with Crippen LogP contribution >= 0.6 is 0 Å². The number of aromatic nitrogens is 4. The van der Waals surface area contributed by atoms with Gasteiger partial charge in [-0.05, 0) is 31.0 Å². The lowest BCUT2D eigenvalue weighted by Crippen LogP contribution is -2.44. The monoisotopic (exact) mass is 411 g/mol. The lowest BCUT2D eigenvalue weighted by molar-refractivity contribution is 0.570. The molecule has 2 N–H and O–H groups in total. The summed E-state index contributed by atoms with van der Waals surface area (Å²) in [5, 5.41) is 7.09. The molecule has 1 aromatic carbocycles. The summed E-state index contributed by atoms with van der Waals surface area (Å²) in [6.07, 6.45) is 6.87. The van der Waals surface area contributed by atoms with Gasteiger partial charge >= 0.3 is 0 Å². The van der Waals surface area contributed by atoms with Crippen molar-refractivity contribution in [3.8, 4) is 11.3 Å². The Morgan fingerprint density at radius 1 is 1.10 bits per heavy atom. The van der Waals surface area contributed by atoms with Gasteiger partial charge in [0, 0.05) is 61.4 Å². The molecule has 2 fully saturated rings. The minimum atomic E-state index is 0.162. The zero-order valence-electron chi connectivity index (χ0n) is 17.4. The Labute approximate surface area is 181 Å². The van der Waals surface area contributed by atoms with Gasteiger partial charge < -0.3 is 15.5 Å². The van der Waals surface area contributed by atoms with E-state index in [2.05, 4.69) is 73.2 Å². The Morgan fingerprint density at radius 3 is 2.81 bits per heavy atom. The molecule has 0 saturated carbocycles. The molecule has 0 spiro atoms. The summed E-state index contributed by atoms with van der Waals surface area (Å²) in [5.41, 5.74) is 4.10. The largest absolute Gasteiger partial charge is 0.364 e. The second kappa shape index (κ2) is 7.35. The quantitative estimate of drug-likeness (QED) is 0.524. The van der Waals surface area contributed by atoms with Crippen molar-refractivity contribution in [2.75, 3.05) is 23.3 Å². The third-order valence-electron chi connectivity index (χ3n) is 6.40. The highest BCUT2D eigenvalue weighted by Gasteiger charge is 2.39. The predicted molar refractivity (Wildman–Crippen MR) is 122 cm³/mol. The van der Waals surface area contributed by atoms with Crippen molar-refractivity contribution in [3.05, 3.63) is 72.7 Å². The molecule has 6 rings (SSSR count). The van der Waals surface area contributed by atoms with Gasteiger partial charge in [-0.15, -0.1) is 0 Å². The number of benzene rings is 1. The predicted octanol–water partition coefficient (Wildman–Crippen LogP) is 3.51. The molecule has 3 aromatic heterocycles. The van der Waals surface area contributed by atoms with Gasteiger partial charge in [-0.1, -0.05) is 30.3 Å². The molecular weight excluding hydrogens is 386 g/mol. The Morgan fingerprint density at radius 2 is 2.00 bits per heavy atom. The third kappa shape index (κ3) is 3.31. The SMILES string of the molecule is CC(Nc1cc(-c2cc3nccn3c(N3C[C@@H]4C[C@H]3CN4)n2)ccn1)c1ccccc1. The van der Waals surface area contributed by atoms with Crippen molar-refractivity contribution in [2.45, 2.75) is 31.5 Å². The van der Waals surface area contributed by atoms with Crippen LogP contribution in [0.4, 0.5) is 11.8 Å². The van der Waals surface area contributed by atoms with Crippen molar-refractivity contribution in [2.24, 2.45) is 0 Å². The third-order valence-corrected chi connectivity index (χ3v) is 6.40. The molecule has 0 aliphatic carbocycles. The number of rotatable bonds is 5. The molecule has 7 heteroatoms. The Bertz CT molecular complexity index is 1220. The topological polar surface area (TPSA) is 70.4 Å². The Hall–Kier alpha value is -3.45. The summed E-state index contributed by atoms with van der Waals surface area (Å²) in [4.78, 5) is 16.6. The summed E-state index contributed by atoms with van der Waals surface area (Å²) in [6.45, 7) is 4.16. The molecule has 3 atom stereocenters. The van der Waals surface area contributed by atoms with Gasteiger partial charge in [0.1, 0.15) is 11.5 Å². The van der Waals surface area contributed by atoms with E-state index in [1.54, 1.807) is 0 Å². The van der Waals surface area contributed by atoms with Crippen LogP contribution in [-0.4, -0.2) is 44.5 Å². The number of hydrogen-bond donors (Lipinski definition) is 2. The van der Waals surface area contributed by atoms with Crippen LogP contribution in [0.3, 0.4) is 0 Å². The molecule has 1 unspecified atom stereocenters. The minimum absolute atomic E-state index is 0.162. The number of piperazine rings is 1. The Kier molecular flexibility index (Phi) is 4.35. The van der Waals surface area contributed by atoms with E-state index >= 15 is 0 Å². The van der Waals surface area contributed by atoms with Crippen LogP contribution in [0.2, 0.25) is 0 Å². The second-order valence-electron chi connectivity index (χ2n) is 8.45. The number of fused-ring (bicyclic) bond motifs is 3. The zero-order chi connectivity index (χ0) is 20.8. The average Bonchev–Trinajstić information content (AvgIpc) is 3.56. The highest BCUT2D eigenvalue weighted by molar-refractivity contribution is 5.68. The lowest BCUT2D eigenvalue weighted by atomic mass is 10.1. The zero-order valence-corrected chi connectivity index (χ0v) is 17.4. The summed E-state index contributed by atoms with van der Waals surface area (Å²) in [7, 11) is 0. The van der Waals surface area contributed by atoms with Crippen molar-refractivity contribution < 1.29 is 0 Å². The van der Waals surface area contributed by atoms with E-state index < -0.39 is 0 Å². The maximum Gasteiger partial charge on any atom is 0.212 e.